The highest BCUT2D eigenvalue weighted by atomic mass is 16.5. The molecule has 0 bridgehead atoms. The van der Waals surface area contributed by atoms with Crippen molar-refractivity contribution in [1.82, 2.24) is 0 Å². The van der Waals surface area contributed by atoms with Gasteiger partial charge in [0.15, 0.2) is 0 Å². The molecule has 0 saturated carbocycles. The minimum atomic E-state index is -0.255. The first-order chi connectivity index (χ1) is 4.56. The van der Waals surface area contributed by atoms with Crippen LogP contribution in [-0.4, -0.2) is 25.3 Å². The van der Waals surface area contributed by atoms with Crippen molar-refractivity contribution in [3.05, 3.63) is 0 Å². The average molecular weight is 146 g/mol. The first kappa shape index (κ1) is 9.88. The Bertz CT molecular complexity index is 95.6. The summed E-state index contributed by atoms with van der Waals surface area (Å²) in [6.45, 7) is 4.52. The molecule has 0 rings (SSSR count). The average Bonchev–Trinajstić information content (AvgIpc) is 1.88. The molecule has 0 radical (unpaired) electrons. The zero-order valence-electron chi connectivity index (χ0n) is 7.05. The first-order valence-electron chi connectivity index (χ1n) is 3.57. The van der Waals surface area contributed by atoms with Gasteiger partial charge in [-0.1, -0.05) is 0 Å². The predicted molar refractivity (Wildman–Crippen MR) is 42.7 cm³/mol. The van der Waals surface area contributed by atoms with Crippen molar-refractivity contribution < 1.29 is 4.74 Å². The minimum Gasteiger partial charge on any atom is -0.377 e. The second kappa shape index (κ2) is 3.91. The lowest BCUT2D eigenvalue weighted by Crippen LogP contribution is -2.46. The van der Waals surface area contributed by atoms with Gasteiger partial charge in [0, 0.05) is 13.2 Å². The van der Waals surface area contributed by atoms with Crippen LogP contribution < -0.4 is 11.5 Å². The van der Waals surface area contributed by atoms with E-state index in [0.29, 0.717) is 6.54 Å². The minimum absolute atomic E-state index is 0.0287. The van der Waals surface area contributed by atoms with Crippen LogP contribution in [0.1, 0.15) is 20.3 Å². The summed E-state index contributed by atoms with van der Waals surface area (Å²) >= 11 is 0. The molecule has 62 valence electrons. The summed E-state index contributed by atoms with van der Waals surface area (Å²) in [4.78, 5) is 0. The normalized spacial score (nSPS) is 20.1. The van der Waals surface area contributed by atoms with Crippen LogP contribution >= 0.6 is 0 Å². The van der Waals surface area contributed by atoms with Crippen LogP contribution in [0.5, 0.6) is 0 Å². The maximum atomic E-state index is 5.69. The van der Waals surface area contributed by atoms with Crippen LogP contribution in [0.15, 0.2) is 0 Å². The lowest BCUT2D eigenvalue weighted by molar-refractivity contribution is -0.0158. The SMILES string of the molecule is COC(C)(CCN)C(C)N. The van der Waals surface area contributed by atoms with Gasteiger partial charge in [-0.25, -0.2) is 0 Å². The van der Waals surface area contributed by atoms with Crippen molar-refractivity contribution in [3.63, 3.8) is 0 Å². The molecule has 3 nitrogen and oxygen atoms in total. The number of hydrogen-bond donors (Lipinski definition) is 2. The Morgan fingerprint density at radius 3 is 2.20 bits per heavy atom. The highest BCUT2D eigenvalue weighted by Gasteiger charge is 2.26. The van der Waals surface area contributed by atoms with Crippen LogP contribution in [0.4, 0.5) is 0 Å². The molecule has 0 saturated heterocycles. The molecule has 4 N–H and O–H groups in total. The topological polar surface area (TPSA) is 61.3 Å². The molecule has 0 aromatic rings. The molecular weight excluding hydrogens is 128 g/mol. The first-order valence-corrected chi connectivity index (χ1v) is 3.57. The van der Waals surface area contributed by atoms with Gasteiger partial charge in [0.05, 0.1) is 5.60 Å². The van der Waals surface area contributed by atoms with E-state index < -0.39 is 0 Å². The van der Waals surface area contributed by atoms with E-state index in [0.717, 1.165) is 6.42 Å². The van der Waals surface area contributed by atoms with Crippen molar-refractivity contribution in [2.24, 2.45) is 11.5 Å². The molecule has 2 atom stereocenters. The van der Waals surface area contributed by atoms with E-state index in [1.807, 2.05) is 13.8 Å². The highest BCUT2D eigenvalue weighted by Crippen LogP contribution is 2.16. The Hall–Kier alpha value is -0.120. The fraction of sp³-hybridized carbons (Fsp3) is 1.00. The van der Waals surface area contributed by atoms with E-state index in [9.17, 15) is 0 Å². The lowest BCUT2D eigenvalue weighted by atomic mass is 9.94. The third-order valence-electron chi connectivity index (χ3n) is 2.07. The molecule has 0 amide bonds. The summed E-state index contributed by atoms with van der Waals surface area (Å²) in [5.74, 6) is 0. The molecule has 2 unspecified atom stereocenters. The highest BCUT2D eigenvalue weighted by molar-refractivity contribution is 4.83. The Morgan fingerprint density at radius 1 is 1.60 bits per heavy atom. The van der Waals surface area contributed by atoms with Crippen LogP contribution in [-0.2, 0) is 4.74 Å². The van der Waals surface area contributed by atoms with E-state index in [2.05, 4.69) is 0 Å². The van der Waals surface area contributed by atoms with Gasteiger partial charge >= 0.3 is 0 Å². The van der Waals surface area contributed by atoms with Crippen molar-refractivity contribution in [2.75, 3.05) is 13.7 Å². The quantitative estimate of drug-likeness (QED) is 0.591. The summed E-state index contributed by atoms with van der Waals surface area (Å²) in [6, 6.07) is 0.0287. The molecular formula is C7H18N2O. The van der Waals surface area contributed by atoms with Crippen molar-refractivity contribution >= 4 is 0 Å². The summed E-state index contributed by atoms with van der Waals surface area (Å²) in [5.41, 5.74) is 10.8. The molecule has 3 heteroatoms. The van der Waals surface area contributed by atoms with Crippen LogP contribution in [0.25, 0.3) is 0 Å². The van der Waals surface area contributed by atoms with Gasteiger partial charge in [0.25, 0.3) is 0 Å². The van der Waals surface area contributed by atoms with Crippen LogP contribution in [0, 0.1) is 0 Å². The molecule has 0 aromatic heterocycles. The molecule has 0 aliphatic heterocycles. The second-order valence-corrected chi connectivity index (χ2v) is 2.84. The van der Waals surface area contributed by atoms with Gasteiger partial charge in [-0.15, -0.1) is 0 Å². The number of ether oxygens (including phenoxy) is 1. The third-order valence-corrected chi connectivity index (χ3v) is 2.07. The Morgan fingerprint density at radius 2 is 2.10 bits per heavy atom. The zero-order chi connectivity index (χ0) is 8.20. The Kier molecular flexibility index (Phi) is 3.86. The lowest BCUT2D eigenvalue weighted by Gasteiger charge is -2.31. The van der Waals surface area contributed by atoms with E-state index in [1.165, 1.54) is 0 Å². The summed E-state index contributed by atoms with van der Waals surface area (Å²) in [5, 5.41) is 0. The number of nitrogens with two attached hydrogens (primary N) is 2. The van der Waals surface area contributed by atoms with E-state index in [-0.39, 0.29) is 11.6 Å². The van der Waals surface area contributed by atoms with Crippen LogP contribution in [0.3, 0.4) is 0 Å². The fourth-order valence-corrected chi connectivity index (χ4v) is 0.802. The maximum absolute atomic E-state index is 5.69. The molecule has 0 aliphatic carbocycles. The monoisotopic (exact) mass is 146 g/mol. The molecule has 10 heavy (non-hydrogen) atoms. The molecule has 0 aliphatic rings. The molecule has 0 fully saturated rings. The van der Waals surface area contributed by atoms with Gasteiger partial charge in [-0.05, 0) is 26.8 Å². The molecule has 0 spiro atoms. The summed E-state index contributed by atoms with van der Waals surface area (Å²) in [6.07, 6.45) is 0.807. The van der Waals surface area contributed by atoms with E-state index >= 15 is 0 Å². The molecule has 0 heterocycles. The van der Waals surface area contributed by atoms with Gasteiger partial charge in [-0.3, -0.25) is 0 Å². The second-order valence-electron chi connectivity index (χ2n) is 2.84. The number of rotatable bonds is 4. The molecule has 0 aromatic carbocycles. The van der Waals surface area contributed by atoms with E-state index in [4.69, 9.17) is 16.2 Å². The summed E-state index contributed by atoms with van der Waals surface area (Å²) < 4.78 is 5.23. The van der Waals surface area contributed by atoms with Gasteiger partial charge in [0.1, 0.15) is 0 Å². The van der Waals surface area contributed by atoms with Gasteiger partial charge in [0.2, 0.25) is 0 Å². The van der Waals surface area contributed by atoms with Crippen molar-refractivity contribution in [3.8, 4) is 0 Å². The third kappa shape index (κ3) is 2.25. The Balaban J connectivity index is 3.94. The number of hydrogen-bond acceptors (Lipinski definition) is 3. The van der Waals surface area contributed by atoms with E-state index in [1.54, 1.807) is 7.11 Å². The van der Waals surface area contributed by atoms with Gasteiger partial charge < -0.3 is 16.2 Å². The smallest absolute Gasteiger partial charge is 0.0810 e. The van der Waals surface area contributed by atoms with Crippen molar-refractivity contribution in [2.45, 2.75) is 31.9 Å². The maximum Gasteiger partial charge on any atom is 0.0810 e. The van der Waals surface area contributed by atoms with Crippen LogP contribution in [0.2, 0.25) is 0 Å². The standard InChI is InChI=1S/C7H18N2O/c1-6(9)7(2,10-3)4-5-8/h6H,4-5,8-9H2,1-3H3. The van der Waals surface area contributed by atoms with Gasteiger partial charge in [-0.2, -0.15) is 0 Å². The Labute approximate surface area is 62.7 Å². The largest absolute Gasteiger partial charge is 0.377 e. The summed E-state index contributed by atoms with van der Waals surface area (Å²) in [7, 11) is 1.67. The number of methoxy groups -OCH3 is 1. The predicted octanol–water partition coefficient (Wildman–Crippen LogP) is 0.0875. The van der Waals surface area contributed by atoms with Crippen molar-refractivity contribution in [1.29, 1.82) is 0 Å². The zero-order valence-corrected chi connectivity index (χ0v) is 7.05. The fourth-order valence-electron chi connectivity index (χ4n) is 0.802.